The lowest BCUT2D eigenvalue weighted by Crippen LogP contribution is -2.10. The molecule has 0 bridgehead atoms. The molecule has 5 nitrogen and oxygen atoms in total. The predicted molar refractivity (Wildman–Crippen MR) is 77.9 cm³/mol. The Hall–Kier alpha value is -1.47. The van der Waals surface area contributed by atoms with E-state index >= 15 is 0 Å². The van der Waals surface area contributed by atoms with Gasteiger partial charge in [-0.05, 0) is 33.6 Å². The number of hydrazone groups is 1. The molecule has 0 spiro atoms. The molecule has 0 aliphatic heterocycles. The highest BCUT2D eigenvalue weighted by atomic mass is 79.9. The lowest BCUT2D eigenvalue weighted by atomic mass is 10.2. The zero-order valence-electron chi connectivity index (χ0n) is 9.02. The molecule has 0 fully saturated rings. The molecule has 2 N–H and O–H groups in total. The van der Waals surface area contributed by atoms with E-state index < -0.39 is 0 Å². The zero-order valence-corrected chi connectivity index (χ0v) is 12.2. The quantitative estimate of drug-likeness (QED) is 0.643. The first-order chi connectivity index (χ1) is 8.66. The fourth-order valence-electron chi connectivity index (χ4n) is 1.22. The van der Waals surface area contributed by atoms with Crippen molar-refractivity contribution in [2.45, 2.75) is 0 Å². The highest BCUT2D eigenvalue weighted by Gasteiger charge is 2.02. The van der Waals surface area contributed by atoms with Crippen LogP contribution in [0.3, 0.4) is 0 Å². The second kappa shape index (κ2) is 5.92. The van der Waals surface area contributed by atoms with E-state index in [0.29, 0.717) is 10.2 Å². The van der Waals surface area contributed by atoms with Crippen molar-refractivity contribution in [3.8, 4) is 0 Å². The van der Waals surface area contributed by atoms with Gasteiger partial charge in [-0.15, -0.1) is 0 Å². The van der Waals surface area contributed by atoms with E-state index in [0.717, 1.165) is 10.0 Å². The maximum absolute atomic E-state index is 11.3. The predicted octanol–water partition coefficient (Wildman–Crippen LogP) is 2.74. The topological polar surface area (TPSA) is 70.1 Å². The number of nitrogens with zero attached hydrogens (tertiary/aromatic N) is 2. The van der Waals surface area contributed by atoms with E-state index in [2.05, 4.69) is 52.6 Å². The number of aromatic nitrogens is 2. The molecular formula is C11H8Br2N4O. The lowest BCUT2D eigenvalue weighted by molar-refractivity contribution is 0.977. The Kier molecular flexibility index (Phi) is 4.27. The third kappa shape index (κ3) is 3.27. The maximum atomic E-state index is 11.3. The summed E-state index contributed by atoms with van der Waals surface area (Å²) in [6, 6.07) is 7.69. The van der Waals surface area contributed by atoms with Gasteiger partial charge in [0.15, 0.2) is 0 Å². The number of rotatable bonds is 3. The standard InChI is InChI=1S/C11H8Br2N4O/c12-8-3-1-2-7(4-8)5-14-16-9-6-15-17-11(18)10(9)13/h1-6H,(H2,16,17,18)/b14-5-. The third-order valence-corrected chi connectivity index (χ3v) is 3.32. The van der Waals surface area contributed by atoms with Gasteiger partial charge in [0.1, 0.15) is 4.47 Å². The molecule has 1 aromatic heterocycles. The summed E-state index contributed by atoms with van der Waals surface area (Å²) < 4.78 is 1.34. The summed E-state index contributed by atoms with van der Waals surface area (Å²) in [7, 11) is 0. The van der Waals surface area contributed by atoms with Crippen LogP contribution in [0.5, 0.6) is 0 Å². The van der Waals surface area contributed by atoms with Crippen molar-refractivity contribution in [2.75, 3.05) is 5.43 Å². The number of benzene rings is 1. The van der Waals surface area contributed by atoms with Crippen molar-refractivity contribution in [2.24, 2.45) is 5.10 Å². The zero-order chi connectivity index (χ0) is 13.0. The van der Waals surface area contributed by atoms with Gasteiger partial charge in [-0.25, -0.2) is 5.10 Å². The minimum absolute atomic E-state index is 0.308. The maximum Gasteiger partial charge on any atom is 0.280 e. The van der Waals surface area contributed by atoms with Crippen LogP contribution in [0.4, 0.5) is 5.69 Å². The van der Waals surface area contributed by atoms with E-state index in [4.69, 9.17) is 0 Å². The van der Waals surface area contributed by atoms with Crippen LogP contribution in [0.1, 0.15) is 5.56 Å². The van der Waals surface area contributed by atoms with Gasteiger partial charge in [-0.2, -0.15) is 10.2 Å². The van der Waals surface area contributed by atoms with Crippen LogP contribution in [0, 0.1) is 0 Å². The molecule has 7 heteroatoms. The number of halogens is 2. The highest BCUT2D eigenvalue weighted by Crippen LogP contribution is 2.15. The molecule has 2 aromatic rings. The van der Waals surface area contributed by atoms with E-state index in [-0.39, 0.29) is 5.56 Å². The molecule has 0 amide bonds. The van der Waals surface area contributed by atoms with Crippen molar-refractivity contribution >= 4 is 43.8 Å². The van der Waals surface area contributed by atoms with Crippen LogP contribution >= 0.6 is 31.9 Å². The second-order valence-corrected chi connectivity index (χ2v) is 5.06. The van der Waals surface area contributed by atoms with E-state index in [1.165, 1.54) is 6.20 Å². The van der Waals surface area contributed by atoms with Gasteiger partial charge >= 0.3 is 0 Å². The van der Waals surface area contributed by atoms with E-state index in [9.17, 15) is 4.79 Å². The van der Waals surface area contributed by atoms with Crippen LogP contribution in [0.25, 0.3) is 0 Å². The molecule has 0 atom stereocenters. The smallest absolute Gasteiger partial charge is 0.275 e. The Balaban J connectivity index is 2.12. The highest BCUT2D eigenvalue weighted by molar-refractivity contribution is 9.10. The van der Waals surface area contributed by atoms with Crippen LogP contribution in [-0.4, -0.2) is 16.4 Å². The monoisotopic (exact) mass is 370 g/mol. The van der Waals surface area contributed by atoms with Crippen molar-refractivity contribution in [3.63, 3.8) is 0 Å². The van der Waals surface area contributed by atoms with E-state index in [1.54, 1.807) is 6.21 Å². The molecule has 0 aliphatic rings. The summed E-state index contributed by atoms with van der Waals surface area (Å²) in [6.07, 6.45) is 3.13. The number of H-pyrrole nitrogens is 1. The molecule has 0 saturated carbocycles. The largest absolute Gasteiger partial charge is 0.280 e. The number of aromatic amines is 1. The van der Waals surface area contributed by atoms with Gasteiger partial charge in [-0.1, -0.05) is 28.1 Å². The molecule has 18 heavy (non-hydrogen) atoms. The van der Waals surface area contributed by atoms with Crippen molar-refractivity contribution in [1.82, 2.24) is 10.2 Å². The minimum atomic E-state index is -0.308. The second-order valence-electron chi connectivity index (χ2n) is 3.35. The first-order valence-corrected chi connectivity index (χ1v) is 6.53. The summed E-state index contributed by atoms with van der Waals surface area (Å²) in [5, 5.41) is 10.0. The van der Waals surface area contributed by atoms with Crippen molar-refractivity contribution in [3.05, 3.63) is 55.3 Å². The van der Waals surface area contributed by atoms with E-state index in [1.807, 2.05) is 24.3 Å². The Morgan fingerprint density at radius 2 is 2.22 bits per heavy atom. The molecule has 0 radical (unpaired) electrons. The minimum Gasteiger partial charge on any atom is -0.275 e. The van der Waals surface area contributed by atoms with Crippen LogP contribution < -0.4 is 11.0 Å². The first-order valence-electron chi connectivity index (χ1n) is 4.94. The molecule has 0 aliphatic carbocycles. The number of hydrogen-bond donors (Lipinski definition) is 2. The van der Waals surface area contributed by atoms with Crippen LogP contribution in [-0.2, 0) is 0 Å². The molecule has 0 saturated heterocycles. The Morgan fingerprint density at radius 3 is 3.00 bits per heavy atom. The fourth-order valence-corrected chi connectivity index (χ4v) is 1.92. The normalized spacial score (nSPS) is 10.8. The average Bonchev–Trinajstić information content (AvgIpc) is 2.35. The summed E-state index contributed by atoms with van der Waals surface area (Å²) >= 11 is 6.53. The van der Waals surface area contributed by atoms with Gasteiger partial charge in [0.2, 0.25) is 0 Å². The van der Waals surface area contributed by atoms with Gasteiger partial charge in [0.05, 0.1) is 18.1 Å². The SMILES string of the molecule is O=c1[nH]ncc(N/N=C\c2cccc(Br)c2)c1Br. The Labute approximate surface area is 120 Å². The molecule has 0 unspecified atom stereocenters. The van der Waals surface area contributed by atoms with Gasteiger partial charge < -0.3 is 0 Å². The third-order valence-electron chi connectivity index (χ3n) is 2.04. The van der Waals surface area contributed by atoms with Gasteiger partial charge in [0, 0.05) is 4.47 Å². The Morgan fingerprint density at radius 1 is 1.39 bits per heavy atom. The summed E-state index contributed by atoms with van der Waals surface area (Å²) in [5.41, 5.74) is 3.88. The lowest BCUT2D eigenvalue weighted by Gasteiger charge is -2.00. The van der Waals surface area contributed by atoms with Crippen molar-refractivity contribution < 1.29 is 0 Å². The molecular weight excluding hydrogens is 364 g/mol. The van der Waals surface area contributed by atoms with Gasteiger partial charge in [0.25, 0.3) is 5.56 Å². The molecule has 92 valence electrons. The molecule has 1 heterocycles. The molecule has 1 aromatic carbocycles. The molecule has 2 rings (SSSR count). The summed E-state index contributed by atoms with van der Waals surface area (Å²) in [6.45, 7) is 0. The summed E-state index contributed by atoms with van der Waals surface area (Å²) in [5.74, 6) is 0. The van der Waals surface area contributed by atoms with Crippen molar-refractivity contribution in [1.29, 1.82) is 0 Å². The average molecular weight is 372 g/mol. The number of nitrogens with one attached hydrogen (secondary N) is 2. The Bertz CT molecular complexity index is 639. The number of hydrogen-bond acceptors (Lipinski definition) is 4. The van der Waals surface area contributed by atoms with Gasteiger partial charge in [-0.3, -0.25) is 10.2 Å². The van der Waals surface area contributed by atoms with Crippen LogP contribution in [0.15, 0.2) is 49.3 Å². The number of anilines is 1. The summed E-state index contributed by atoms with van der Waals surface area (Å²) in [4.78, 5) is 11.3. The van der Waals surface area contributed by atoms with Crippen LogP contribution in [0.2, 0.25) is 0 Å². The first kappa shape index (κ1) is 13.0. The fraction of sp³-hybridized carbons (Fsp3) is 0.